The van der Waals surface area contributed by atoms with Crippen LogP contribution in [-0.4, -0.2) is 61.1 Å². The predicted octanol–water partition coefficient (Wildman–Crippen LogP) is 8.16. The Bertz CT molecular complexity index is 1380. The molecule has 5 heteroatoms. The number of anilines is 2. The lowest BCUT2D eigenvalue weighted by Crippen LogP contribution is -2.37. The number of nitrogens with zero attached hydrogens (tertiary/aromatic N) is 4. The van der Waals surface area contributed by atoms with Crippen LogP contribution in [0.15, 0.2) is 113 Å². The topological polar surface area (TPSA) is 22.6 Å². The third-order valence-electron chi connectivity index (χ3n) is 7.92. The first-order valence-corrected chi connectivity index (χ1v) is 15.5. The summed E-state index contributed by atoms with van der Waals surface area (Å²) >= 11 is 1.87. The molecule has 6 rings (SSSR count). The van der Waals surface area contributed by atoms with E-state index in [-0.39, 0.29) is 0 Å². The lowest BCUT2D eigenvalue weighted by Gasteiger charge is -2.36. The van der Waals surface area contributed by atoms with Gasteiger partial charge in [0, 0.05) is 40.7 Å². The molecule has 1 unspecified atom stereocenters. The summed E-state index contributed by atoms with van der Waals surface area (Å²) in [6.07, 6.45) is 6.86. The van der Waals surface area contributed by atoms with Crippen molar-refractivity contribution in [1.82, 2.24) is 14.8 Å². The molecule has 3 aromatic carbocycles. The molecule has 0 aliphatic carbocycles. The van der Waals surface area contributed by atoms with Gasteiger partial charge in [-0.2, -0.15) is 0 Å². The molecule has 0 radical (unpaired) electrons. The average molecular weight is 563 g/mol. The summed E-state index contributed by atoms with van der Waals surface area (Å²) in [5, 5.41) is 0. The van der Waals surface area contributed by atoms with E-state index >= 15 is 0 Å². The van der Waals surface area contributed by atoms with Gasteiger partial charge in [0.1, 0.15) is 0 Å². The Hall–Kier alpha value is -3.38. The minimum atomic E-state index is 0.499. The van der Waals surface area contributed by atoms with Gasteiger partial charge in [-0.15, -0.1) is 0 Å². The Morgan fingerprint density at radius 2 is 1.46 bits per heavy atom. The quantitative estimate of drug-likeness (QED) is 0.226. The molecular weight excluding hydrogens is 520 g/mol. The van der Waals surface area contributed by atoms with Crippen LogP contribution < -0.4 is 4.90 Å². The van der Waals surface area contributed by atoms with E-state index < -0.39 is 0 Å². The van der Waals surface area contributed by atoms with Crippen molar-refractivity contribution in [1.29, 1.82) is 0 Å². The smallest absolute Gasteiger partial charge is 0.0705 e. The number of pyridine rings is 1. The molecule has 3 heterocycles. The molecule has 0 bridgehead atoms. The minimum Gasteiger partial charge on any atom is -0.338 e. The summed E-state index contributed by atoms with van der Waals surface area (Å²) in [7, 11) is 4.28. The Morgan fingerprint density at radius 3 is 2.05 bits per heavy atom. The van der Waals surface area contributed by atoms with Crippen LogP contribution in [0, 0.1) is 6.92 Å². The number of likely N-dealkylation sites (tertiary alicyclic amines) is 1. The molecule has 2 aliphatic rings. The van der Waals surface area contributed by atoms with E-state index in [1.165, 1.54) is 63.8 Å². The van der Waals surface area contributed by atoms with Crippen molar-refractivity contribution in [2.24, 2.45) is 0 Å². The summed E-state index contributed by atoms with van der Waals surface area (Å²) in [5.41, 5.74) is 7.48. The van der Waals surface area contributed by atoms with Gasteiger partial charge in [-0.1, -0.05) is 78.0 Å². The monoisotopic (exact) mass is 562 g/mol. The van der Waals surface area contributed by atoms with Gasteiger partial charge in [-0.25, -0.2) is 0 Å². The first-order chi connectivity index (χ1) is 20.0. The highest BCUT2D eigenvalue weighted by Gasteiger charge is 2.24. The van der Waals surface area contributed by atoms with Crippen molar-refractivity contribution in [3.63, 3.8) is 0 Å². The number of hydrogen-bond acceptors (Lipinski definition) is 5. The number of aromatic nitrogens is 1. The molecular formula is C36H42N4S. The van der Waals surface area contributed by atoms with Crippen LogP contribution in [0.5, 0.6) is 0 Å². The molecule has 4 aromatic rings. The second-order valence-electron chi connectivity index (χ2n) is 11.2. The van der Waals surface area contributed by atoms with E-state index in [0.717, 1.165) is 18.8 Å². The van der Waals surface area contributed by atoms with Crippen LogP contribution in [0.3, 0.4) is 0 Å². The molecule has 0 N–H and O–H groups in total. The van der Waals surface area contributed by atoms with Crippen molar-refractivity contribution in [2.45, 2.75) is 42.5 Å². The zero-order valence-corrected chi connectivity index (χ0v) is 25.6. The number of para-hydroxylation sites is 2. The zero-order valence-electron chi connectivity index (χ0n) is 24.8. The van der Waals surface area contributed by atoms with Crippen molar-refractivity contribution in [2.75, 3.05) is 45.2 Å². The number of hydrogen-bond donors (Lipinski definition) is 0. The van der Waals surface area contributed by atoms with E-state index in [1.807, 2.05) is 24.0 Å². The van der Waals surface area contributed by atoms with Gasteiger partial charge in [-0.3, -0.25) is 9.88 Å². The first kappa shape index (κ1) is 29.1. The maximum atomic E-state index is 4.54. The van der Waals surface area contributed by atoms with E-state index in [4.69, 9.17) is 0 Å². The summed E-state index contributed by atoms with van der Waals surface area (Å²) in [6, 6.07) is 32.7. The van der Waals surface area contributed by atoms with E-state index in [9.17, 15) is 0 Å². The standard InChI is InChI=1S/C19H22N2.C17H20N2S/c1-16-7-9-17(10-8-16)18(19-6-2-3-12-20-19)11-15-21-13-4-5-14-21;1-13(18(2)3)12-19-14-8-4-6-10-16(14)20-17-11-7-5-9-15(17)19/h2-3,6-12H,4-5,13-15H2,1H3;4-11,13H,12H2,1-3H3/b18-11+;. The fraction of sp³-hybridized carbons (Fsp3) is 0.306. The van der Waals surface area contributed by atoms with Crippen molar-refractivity contribution < 1.29 is 0 Å². The highest BCUT2D eigenvalue weighted by Crippen LogP contribution is 2.47. The van der Waals surface area contributed by atoms with Gasteiger partial charge >= 0.3 is 0 Å². The molecule has 212 valence electrons. The van der Waals surface area contributed by atoms with Crippen LogP contribution >= 0.6 is 11.8 Å². The molecule has 1 fully saturated rings. The Kier molecular flexibility index (Phi) is 9.94. The third kappa shape index (κ3) is 7.48. The summed E-state index contributed by atoms with van der Waals surface area (Å²) in [4.78, 5) is 14.5. The van der Waals surface area contributed by atoms with Crippen LogP contribution in [-0.2, 0) is 0 Å². The molecule has 2 aliphatic heterocycles. The van der Waals surface area contributed by atoms with Crippen molar-refractivity contribution in [3.8, 4) is 0 Å². The second-order valence-corrected chi connectivity index (χ2v) is 12.3. The lowest BCUT2D eigenvalue weighted by molar-refractivity contribution is 0.319. The maximum Gasteiger partial charge on any atom is 0.0705 e. The highest BCUT2D eigenvalue weighted by atomic mass is 32.2. The van der Waals surface area contributed by atoms with Crippen LogP contribution in [0.1, 0.15) is 36.6 Å². The zero-order chi connectivity index (χ0) is 28.6. The largest absolute Gasteiger partial charge is 0.338 e. The highest BCUT2D eigenvalue weighted by molar-refractivity contribution is 7.99. The number of likely N-dealkylation sites (N-methyl/N-ethyl adjacent to an activating group) is 1. The third-order valence-corrected chi connectivity index (χ3v) is 9.05. The SMILES string of the molecule is CC(CN1c2ccccc2Sc2ccccc21)N(C)C.Cc1ccc(/C(=C\CN2CCCC2)c2ccccn2)cc1. The Balaban J connectivity index is 0.000000165. The van der Waals surface area contributed by atoms with Crippen LogP contribution in [0.25, 0.3) is 5.57 Å². The molecule has 0 saturated carbocycles. The fourth-order valence-corrected chi connectivity index (χ4v) is 6.31. The van der Waals surface area contributed by atoms with Gasteiger partial charge in [-0.05, 0) is 95.8 Å². The lowest BCUT2D eigenvalue weighted by atomic mass is 10.0. The number of rotatable bonds is 7. The fourth-order valence-electron chi connectivity index (χ4n) is 5.22. The van der Waals surface area contributed by atoms with E-state index in [2.05, 4.69) is 139 Å². The number of fused-ring (bicyclic) bond motifs is 2. The molecule has 1 saturated heterocycles. The molecule has 0 spiro atoms. The predicted molar refractivity (Wildman–Crippen MR) is 175 cm³/mol. The average Bonchev–Trinajstić information content (AvgIpc) is 3.52. The molecule has 41 heavy (non-hydrogen) atoms. The Labute approximate surface area is 250 Å². The van der Waals surface area contributed by atoms with Gasteiger partial charge < -0.3 is 9.80 Å². The van der Waals surface area contributed by atoms with Crippen LogP contribution in [0.4, 0.5) is 11.4 Å². The normalized spacial score (nSPS) is 15.6. The number of benzene rings is 3. The Morgan fingerprint density at radius 1 is 0.854 bits per heavy atom. The van der Waals surface area contributed by atoms with Gasteiger partial charge in [0.25, 0.3) is 0 Å². The minimum absolute atomic E-state index is 0.499. The van der Waals surface area contributed by atoms with Crippen molar-refractivity contribution >= 4 is 28.7 Å². The van der Waals surface area contributed by atoms with Crippen LogP contribution in [0.2, 0.25) is 0 Å². The van der Waals surface area contributed by atoms with E-state index in [1.54, 1.807) is 0 Å². The summed E-state index contributed by atoms with van der Waals surface area (Å²) in [6.45, 7) is 8.85. The van der Waals surface area contributed by atoms with Gasteiger partial charge in [0.2, 0.25) is 0 Å². The van der Waals surface area contributed by atoms with Gasteiger partial charge in [0.05, 0.1) is 17.1 Å². The second kappa shape index (κ2) is 14.0. The maximum absolute atomic E-state index is 4.54. The number of aryl methyl sites for hydroxylation is 1. The van der Waals surface area contributed by atoms with Gasteiger partial charge in [0.15, 0.2) is 0 Å². The van der Waals surface area contributed by atoms with Crippen molar-refractivity contribution in [3.05, 3.63) is 120 Å². The molecule has 1 aromatic heterocycles. The molecule has 1 atom stereocenters. The molecule has 4 nitrogen and oxygen atoms in total. The van der Waals surface area contributed by atoms with E-state index in [0.29, 0.717) is 6.04 Å². The summed E-state index contributed by atoms with van der Waals surface area (Å²) in [5.74, 6) is 0. The molecule has 0 amide bonds. The first-order valence-electron chi connectivity index (χ1n) is 14.7. The summed E-state index contributed by atoms with van der Waals surface area (Å²) < 4.78 is 0.